The number of nitrogens with two attached hydrogens (primary N) is 1. The third kappa shape index (κ3) is 4.45. The van der Waals surface area contributed by atoms with Crippen molar-refractivity contribution in [3.8, 4) is 28.0 Å². The van der Waals surface area contributed by atoms with Crippen molar-refractivity contribution in [1.29, 1.82) is 0 Å². The van der Waals surface area contributed by atoms with Gasteiger partial charge in [0, 0.05) is 35.0 Å². The molecule has 6 nitrogen and oxygen atoms in total. The Balaban J connectivity index is 1.13. The Kier molecular flexibility index (Phi) is 6.07. The highest BCUT2D eigenvalue weighted by atomic mass is 32.2. The topological polar surface area (TPSA) is 68.7 Å². The molecule has 0 unspecified atom stereocenters. The molecule has 3 heterocycles. The van der Waals surface area contributed by atoms with Crippen molar-refractivity contribution < 1.29 is 4.74 Å². The number of piperidine rings is 1. The van der Waals surface area contributed by atoms with Gasteiger partial charge >= 0.3 is 0 Å². The standard InChI is InChI=1S/C31H31N5OS/c32-38-29-13-12-26(25-6-2-3-7-27(25)29)28-19-34-36-20-23(18-33-30(28)36)22-8-10-24(11-9-22)37-31(14-15-31)21-35-16-4-1-5-17-35/h2-3,6-13,18-20H,1,4-5,14-17,21,32H2. The molecule has 1 saturated heterocycles. The number of aromatic nitrogens is 3. The molecule has 0 radical (unpaired) electrons. The second kappa shape index (κ2) is 9.73. The van der Waals surface area contributed by atoms with E-state index in [9.17, 15) is 0 Å². The molecule has 5 aromatic rings. The summed E-state index contributed by atoms with van der Waals surface area (Å²) < 4.78 is 8.36. The van der Waals surface area contributed by atoms with Gasteiger partial charge < -0.3 is 4.74 Å². The SMILES string of the molecule is NSc1ccc(-c2cnn3cc(-c4ccc(OC5(CN6CCCCC6)CC5)cc4)cnc23)c2ccccc12. The summed E-state index contributed by atoms with van der Waals surface area (Å²) in [6.07, 6.45) is 12.2. The Morgan fingerprint density at radius 1 is 0.842 bits per heavy atom. The van der Waals surface area contributed by atoms with Crippen LogP contribution in [0.1, 0.15) is 32.1 Å². The van der Waals surface area contributed by atoms with Gasteiger partial charge in [0.25, 0.3) is 0 Å². The Bertz CT molecular complexity index is 1600. The van der Waals surface area contributed by atoms with Gasteiger partial charge in [0.15, 0.2) is 5.65 Å². The summed E-state index contributed by atoms with van der Waals surface area (Å²) in [6, 6.07) is 20.9. The fourth-order valence-corrected chi connectivity index (χ4v) is 6.20. The molecule has 38 heavy (non-hydrogen) atoms. The average molecular weight is 522 g/mol. The van der Waals surface area contributed by atoms with E-state index in [1.807, 2.05) is 29.2 Å². The lowest BCUT2D eigenvalue weighted by atomic mass is 10.00. The molecular formula is C31H31N5OS. The molecule has 1 saturated carbocycles. The van der Waals surface area contributed by atoms with E-state index in [1.54, 1.807) is 0 Å². The van der Waals surface area contributed by atoms with Crippen molar-refractivity contribution in [1.82, 2.24) is 19.5 Å². The molecule has 2 N–H and O–H groups in total. The highest BCUT2D eigenvalue weighted by Gasteiger charge is 2.46. The van der Waals surface area contributed by atoms with E-state index in [-0.39, 0.29) is 5.60 Å². The number of fused-ring (bicyclic) bond motifs is 2. The monoisotopic (exact) mass is 521 g/mol. The van der Waals surface area contributed by atoms with E-state index in [4.69, 9.17) is 14.9 Å². The number of hydrogen-bond acceptors (Lipinski definition) is 6. The van der Waals surface area contributed by atoms with Crippen molar-refractivity contribution >= 4 is 28.4 Å². The van der Waals surface area contributed by atoms with E-state index in [1.165, 1.54) is 44.3 Å². The van der Waals surface area contributed by atoms with Crippen LogP contribution in [0.25, 0.3) is 38.7 Å². The summed E-state index contributed by atoms with van der Waals surface area (Å²) in [7, 11) is 0. The molecule has 7 rings (SSSR count). The lowest BCUT2D eigenvalue weighted by molar-refractivity contribution is 0.101. The van der Waals surface area contributed by atoms with Crippen LogP contribution in [0, 0.1) is 0 Å². The van der Waals surface area contributed by atoms with E-state index in [0.29, 0.717) is 0 Å². The first-order valence-electron chi connectivity index (χ1n) is 13.5. The Hall–Kier alpha value is -3.39. The van der Waals surface area contributed by atoms with Crippen molar-refractivity contribution in [2.24, 2.45) is 5.14 Å². The molecule has 2 aliphatic rings. The van der Waals surface area contributed by atoms with Crippen molar-refractivity contribution in [3.63, 3.8) is 0 Å². The van der Waals surface area contributed by atoms with Crippen molar-refractivity contribution in [3.05, 3.63) is 79.3 Å². The lowest BCUT2D eigenvalue weighted by Crippen LogP contribution is -2.40. The highest BCUT2D eigenvalue weighted by molar-refractivity contribution is 7.97. The third-order valence-electron chi connectivity index (χ3n) is 7.95. The molecule has 0 spiro atoms. The first-order chi connectivity index (χ1) is 18.7. The summed E-state index contributed by atoms with van der Waals surface area (Å²) in [6.45, 7) is 3.48. The largest absolute Gasteiger partial charge is 0.486 e. The van der Waals surface area contributed by atoms with Gasteiger partial charge in [-0.25, -0.2) is 9.50 Å². The zero-order chi connectivity index (χ0) is 25.5. The van der Waals surface area contributed by atoms with Crippen LogP contribution in [0.2, 0.25) is 0 Å². The summed E-state index contributed by atoms with van der Waals surface area (Å²) in [5.41, 5.74) is 5.07. The van der Waals surface area contributed by atoms with Crippen LogP contribution in [0.15, 0.2) is 84.1 Å². The first kappa shape index (κ1) is 23.7. The maximum atomic E-state index is 6.50. The van der Waals surface area contributed by atoms with Gasteiger partial charge in [-0.05, 0) is 90.8 Å². The first-order valence-corrected chi connectivity index (χ1v) is 14.3. The van der Waals surface area contributed by atoms with Gasteiger partial charge in [-0.3, -0.25) is 10.0 Å². The van der Waals surface area contributed by atoms with Gasteiger partial charge in [0.05, 0.1) is 6.20 Å². The highest BCUT2D eigenvalue weighted by Crippen LogP contribution is 2.42. The quantitative estimate of drug-likeness (QED) is 0.244. The zero-order valence-corrected chi connectivity index (χ0v) is 22.2. The van der Waals surface area contributed by atoms with Crippen LogP contribution >= 0.6 is 11.9 Å². The van der Waals surface area contributed by atoms with E-state index in [0.717, 1.165) is 68.7 Å². The molecular weight excluding hydrogens is 490 g/mol. The average Bonchev–Trinajstić information content (AvgIpc) is 3.58. The normalized spacial score (nSPS) is 17.2. The smallest absolute Gasteiger partial charge is 0.162 e. The zero-order valence-electron chi connectivity index (χ0n) is 21.3. The van der Waals surface area contributed by atoms with Gasteiger partial charge in [-0.2, -0.15) is 5.10 Å². The molecule has 3 aromatic carbocycles. The predicted molar refractivity (Wildman–Crippen MR) is 154 cm³/mol. The van der Waals surface area contributed by atoms with Crippen LogP contribution in [-0.2, 0) is 0 Å². The summed E-state index contributed by atoms with van der Waals surface area (Å²) in [5, 5.41) is 12.8. The number of ether oxygens (including phenoxy) is 1. The second-order valence-electron chi connectivity index (χ2n) is 10.6. The third-order valence-corrected chi connectivity index (χ3v) is 8.56. The Morgan fingerprint density at radius 3 is 2.39 bits per heavy atom. The molecule has 0 amide bonds. The fraction of sp³-hybridized carbons (Fsp3) is 0.290. The predicted octanol–water partition coefficient (Wildman–Crippen LogP) is 6.58. The maximum Gasteiger partial charge on any atom is 0.162 e. The Morgan fingerprint density at radius 2 is 1.63 bits per heavy atom. The molecule has 0 atom stereocenters. The Labute approximate surface area is 226 Å². The number of benzene rings is 3. The summed E-state index contributed by atoms with van der Waals surface area (Å²) >= 11 is 1.27. The van der Waals surface area contributed by atoms with E-state index in [2.05, 4.69) is 64.6 Å². The van der Waals surface area contributed by atoms with Crippen LogP contribution in [0.4, 0.5) is 0 Å². The molecule has 192 valence electrons. The van der Waals surface area contributed by atoms with Crippen molar-refractivity contribution in [2.45, 2.75) is 42.6 Å². The number of nitrogens with zero attached hydrogens (tertiary/aromatic N) is 4. The molecule has 2 aromatic heterocycles. The number of rotatable bonds is 7. The van der Waals surface area contributed by atoms with Gasteiger partial charge in [0.1, 0.15) is 11.4 Å². The maximum absolute atomic E-state index is 6.50. The lowest BCUT2D eigenvalue weighted by Gasteiger charge is -2.30. The minimum Gasteiger partial charge on any atom is -0.486 e. The molecule has 0 bridgehead atoms. The minimum atomic E-state index is 0.00992. The molecule has 2 fully saturated rings. The fourth-order valence-electron chi connectivity index (χ4n) is 5.75. The van der Waals surface area contributed by atoms with Crippen LogP contribution < -0.4 is 9.88 Å². The van der Waals surface area contributed by atoms with Gasteiger partial charge in [-0.1, -0.05) is 48.9 Å². The molecule has 1 aliphatic carbocycles. The van der Waals surface area contributed by atoms with Gasteiger partial charge in [0.2, 0.25) is 0 Å². The second-order valence-corrected chi connectivity index (χ2v) is 11.3. The molecule has 1 aliphatic heterocycles. The number of hydrogen-bond donors (Lipinski definition) is 1. The van der Waals surface area contributed by atoms with E-state index >= 15 is 0 Å². The minimum absolute atomic E-state index is 0.00992. The summed E-state index contributed by atoms with van der Waals surface area (Å²) in [4.78, 5) is 8.47. The van der Waals surface area contributed by atoms with Gasteiger partial charge in [-0.15, -0.1) is 0 Å². The van der Waals surface area contributed by atoms with Crippen molar-refractivity contribution in [2.75, 3.05) is 19.6 Å². The number of likely N-dealkylation sites (tertiary alicyclic amines) is 1. The van der Waals surface area contributed by atoms with Crippen LogP contribution in [0.3, 0.4) is 0 Å². The molecule has 7 heteroatoms. The summed E-state index contributed by atoms with van der Waals surface area (Å²) in [5.74, 6) is 0.949. The van der Waals surface area contributed by atoms with E-state index < -0.39 is 0 Å². The van der Waals surface area contributed by atoms with Crippen LogP contribution in [-0.4, -0.2) is 44.7 Å². The van der Waals surface area contributed by atoms with Crippen LogP contribution in [0.5, 0.6) is 5.75 Å².